The number of carbonyl (C=O) groups is 2. The molecule has 0 bridgehead atoms. The predicted octanol–water partition coefficient (Wildman–Crippen LogP) is 2.92. The number of amides is 1. The van der Waals surface area contributed by atoms with Gasteiger partial charge in [0.25, 0.3) is 0 Å². The fourth-order valence-electron chi connectivity index (χ4n) is 1.82. The van der Waals surface area contributed by atoms with Gasteiger partial charge in [-0.2, -0.15) is 0 Å². The monoisotopic (exact) mass is 336 g/mol. The lowest BCUT2D eigenvalue weighted by Crippen LogP contribution is -2.41. The second-order valence-electron chi connectivity index (χ2n) is 4.56. The molecular weight excluding hydrogens is 320 g/mol. The molecule has 5 nitrogen and oxygen atoms in total. The van der Waals surface area contributed by atoms with Crippen LogP contribution in [0, 0.1) is 0 Å². The van der Waals surface area contributed by atoms with Crippen molar-refractivity contribution in [2.75, 3.05) is 5.75 Å². The first kappa shape index (κ1) is 16.5. The van der Waals surface area contributed by atoms with Gasteiger partial charge in [-0.25, -0.2) is 9.78 Å². The topological polar surface area (TPSA) is 79.3 Å². The van der Waals surface area contributed by atoms with E-state index >= 15 is 0 Å². The van der Waals surface area contributed by atoms with Gasteiger partial charge in [-0.15, -0.1) is 17.9 Å². The van der Waals surface area contributed by atoms with Crippen molar-refractivity contribution in [3.05, 3.63) is 36.9 Å². The van der Waals surface area contributed by atoms with Gasteiger partial charge in [-0.1, -0.05) is 30.0 Å². The van der Waals surface area contributed by atoms with Crippen LogP contribution in [0.15, 0.2) is 41.3 Å². The molecule has 0 fully saturated rings. The molecule has 0 spiro atoms. The number of carboxylic acid groups (broad SMARTS) is 1. The normalized spacial score (nSPS) is 12.0. The van der Waals surface area contributed by atoms with E-state index in [1.54, 1.807) is 6.08 Å². The molecule has 116 valence electrons. The van der Waals surface area contributed by atoms with Gasteiger partial charge < -0.3 is 10.4 Å². The number of fused-ring (bicyclic) bond motifs is 1. The minimum absolute atomic E-state index is 0.150. The number of carbonyl (C=O) groups excluding carboxylic acids is 1. The Bertz CT molecular complexity index is 651. The molecule has 0 saturated carbocycles. The van der Waals surface area contributed by atoms with Gasteiger partial charge in [0.1, 0.15) is 6.04 Å². The maximum Gasteiger partial charge on any atom is 0.326 e. The summed E-state index contributed by atoms with van der Waals surface area (Å²) >= 11 is 2.83. The van der Waals surface area contributed by atoms with Crippen LogP contribution in [0.3, 0.4) is 0 Å². The number of aromatic nitrogens is 1. The summed E-state index contributed by atoms with van der Waals surface area (Å²) in [7, 11) is 0. The predicted molar refractivity (Wildman–Crippen MR) is 89.3 cm³/mol. The summed E-state index contributed by atoms with van der Waals surface area (Å²) in [5.41, 5.74) is 0.907. The minimum Gasteiger partial charge on any atom is -0.480 e. The van der Waals surface area contributed by atoms with Gasteiger partial charge in [0.15, 0.2) is 4.34 Å². The summed E-state index contributed by atoms with van der Waals surface area (Å²) in [6.45, 7) is 3.55. The van der Waals surface area contributed by atoms with Crippen LogP contribution in [0.25, 0.3) is 10.2 Å². The van der Waals surface area contributed by atoms with Gasteiger partial charge in [0.2, 0.25) is 5.91 Å². The van der Waals surface area contributed by atoms with E-state index in [-0.39, 0.29) is 11.7 Å². The van der Waals surface area contributed by atoms with Crippen LogP contribution >= 0.6 is 23.1 Å². The molecule has 2 rings (SSSR count). The number of nitrogens with zero attached hydrogens (tertiary/aromatic N) is 1. The van der Waals surface area contributed by atoms with Gasteiger partial charge in [0.05, 0.1) is 16.0 Å². The molecule has 1 amide bonds. The number of carboxylic acids is 1. The van der Waals surface area contributed by atoms with Crippen molar-refractivity contribution in [3.63, 3.8) is 0 Å². The van der Waals surface area contributed by atoms with Crippen LogP contribution in [0.4, 0.5) is 0 Å². The highest BCUT2D eigenvalue weighted by Gasteiger charge is 2.19. The van der Waals surface area contributed by atoms with Crippen molar-refractivity contribution in [1.82, 2.24) is 10.3 Å². The molecule has 1 heterocycles. The first-order valence-electron chi connectivity index (χ1n) is 6.71. The van der Waals surface area contributed by atoms with Crippen LogP contribution in [0.2, 0.25) is 0 Å². The van der Waals surface area contributed by atoms with Crippen molar-refractivity contribution in [2.45, 2.75) is 23.2 Å². The van der Waals surface area contributed by atoms with E-state index in [1.165, 1.54) is 23.1 Å². The van der Waals surface area contributed by atoms with Crippen molar-refractivity contribution in [3.8, 4) is 0 Å². The quantitative estimate of drug-likeness (QED) is 0.572. The molecule has 0 saturated heterocycles. The van der Waals surface area contributed by atoms with Crippen molar-refractivity contribution in [2.24, 2.45) is 0 Å². The van der Waals surface area contributed by atoms with E-state index in [0.29, 0.717) is 12.8 Å². The third-order valence-electron chi connectivity index (χ3n) is 2.89. The highest BCUT2D eigenvalue weighted by atomic mass is 32.2. The Morgan fingerprint density at radius 3 is 2.91 bits per heavy atom. The number of benzene rings is 1. The average molecular weight is 336 g/mol. The maximum atomic E-state index is 11.9. The third kappa shape index (κ3) is 4.57. The van der Waals surface area contributed by atoms with Crippen molar-refractivity contribution in [1.29, 1.82) is 0 Å². The number of thiazole rings is 1. The molecular formula is C15H16N2O3S2. The van der Waals surface area contributed by atoms with Crippen molar-refractivity contribution >= 4 is 45.2 Å². The van der Waals surface area contributed by atoms with E-state index in [2.05, 4.69) is 16.9 Å². The number of nitrogens with one attached hydrogen (secondary N) is 1. The summed E-state index contributed by atoms with van der Waals surface area (Å²) in [5.74, 6) is -1.18. The molecule has 1 atom stereocenters. The number of hydrogen-bond acceptors (Lipinski definition) is 5. The lowest BCUT2D eigenvalue weighted by molar-refractivity contribution is -0.141. The van der Waals surface area contributed by atoms with Gasteiger partial charge in [0, 0.05) is 0 Å². The molecule has 22 heavy (non-hydrogen) atoms. The zero-order chi connectivity index (χ0) is 15.9. The molecule has 1 aromatic carbocycles. The van der Waals surface area contributed by atoms with Crippen LogP contribution < -0.4 is 5.32 Å². The zero-order valence-corrected chi connectivity index (χ0v) is 13.5. The smallest absolute Gasteiger partial charge is 0.326 e. The number of hydrogen-bond donors (Lipinski definition) is 2. The minimum atomic E-state index is -1.03. The van der Waals surface area contributed by atoms with E-state index in [0.717, 1.165) is 14.6 Å². The fraction of sp³-hybridized carbons (Fsp3) is 0.267. The van der Waals surface area contributed by atoms with Crippen LogP contribution in [0.1, 0.15) is 12.8 Å². The maximum absolute atomic E-state index is 11.9. The van der Waals surface area contributed by atoms with Gasteiger partial charge in [-0.05, 0) is 25.0 Å². The molecule has 0 aliphatic rings. The van der Waals surface area contributed by atoms with Crippen LogP contribution in [0.5, 0.6) is 0 Å². The first-order chi connectivity index (χ1) is 10.6. The van der Waals surface area contributed by atoms with Gasteiger partial charge >= 0.3 is 5.97 Å². The standard InChI is InChI=1S/C15H16N2O3S2/c1-2-3-6-11(14(19)20)16-13(18)9-21-15-17-10-7-4-5-8-12(10)22-15/h2,4-5,7-8,11H,1,3,6,9H2,(H,16,18)(H,19,20). The Morgan fingerprint density at radius 2 is 2.23 bits per heavy atom. The van der Waals surface area contributed by atoms with E-state index in [1.807, 2.05) is 24.3 Å². The Hall–Kier alpha value is -1.86. The lowest BCUT2D eigenvalue weighted by Gasteiger charge is -2.12. The number of para-hydroxylation sites is 1. The van der Waals surface area contributed by atoms with Crippen LogP contribution in [-0.4, -0.2) is 33.8 Å². The van der Waals surface area contributed by atoms with Gasteiger partial charge in [-0.3, -0.25) is 4.79 Å². The molecule has 0 aliphatic carbocycles. The lowest BCUT2D eigenvalue weighted by atomic mass is 10.1. The third-order valence-corrected chi connectivity index (χ3v) is 5.07. The number of rotatable bonds is 8. The van der Waals surface area contributed by atoms with E-state index in [4.69, 9.17) is 5.11 Å². The van der Waals surface area contributed by atoms with E-state index < -0.39 is 12.0 Å². The number of allylic oxidation sites excluding steroid dienone is 1. The Balaban J connectivity index is 1.88. The molecule has 0 aliphatic heterocycles. The SMILES string of the molecule is C=CCCC(NC(=O)CSc1nc2ccccc2s1)C(=O)O. The largest absolute Gasteiger partial charge is 0.480 e. The Kier molecular flexibility index (Phi) is 5.97. The second kappa shape index (κ2) is 7.95. The number of aliphatic carboxylic acids is 1. The molecule has 1 aromatic heterocycles. The van der Waals surface area contributed by atoms with E-state index in [9.17, 15) is 9.59 Å². The highest BCUT2D eigenvalue weighted by molar-refractivity contribution is 8.01. The van der Waals surface area contributed by atoms with Crippen molar-refractivity contribution < 1.29 is 14.7 Å². The Labute approximate surface area is 136 Å². The Morgan fingerprint density at radius 1 is 1.45 bits per heavy atom. The zero-order valence-electron chi connectivity index (χ0n) is 11.8. The summed E-state index contributed by atoms with van der Waals surface area (Å²) < 4.78 is 1.87. The summed E-state index contributed by atoms with van der Waals surface area (Å²) in [5, 5.41) is 11.6. The summed E-state index contributed by atoms with van der Waals surface area (Å²) in [6, 6.07) is 6.89. The first-order valence-corrected chi connectivity index (χ1v) is 8.52. The molecule has 1 unspecified atom stereocenters. The summed E-state index contributed by atoms with van der Waals surface area (Å²) in [6.07, 6.45) is 2.52. The number of thioether (sulfide) groups is 1. The highest BCUT2D eigenvalue weighted by Crippen LogP contribution is 2.29. The average Bonchev–Trinajstić information content (AvgIpc) is 2.92. The molecule has 0 radical (unpaired) electrons. The molecule has 2 aromatic rings. The second-order valence-corrected chi connectivity index (χ2v) is 6.81. The van der Waals surface area contributed by atoms with Crippen LogP contribution in [-0.2, 0) is 9.59 Å². The molecule has 2 N–H and O–H groups in total. The summed E-state index contributed by atoms with van der Waals surface area (Å²) in [4.78, 5) is 27.4. The molecule has 7 heteroatoms. The fourth-order valence-corrected chi connectivity index (χ4v) is 3.70.